The molecule has 4 rings (SSSR count). The molecule has 0 saturated carbocycles. The molecular formula is C21H22N6O. The molecule has 0 radical (unpaired) electrons. The Kier molecular flexibility index (Phi) is 4.89. The highest BCUT2D eigenvalue weighted by molar-refractivity contribution is 5.99. The van der Waals surface area contributed by atoms with E-state index >= 15 is 0 Å². The maximum Gasteiger partial charge on any atom is 0.272 e. The first kappa shape index (κ1) is 17.9. The van der Waals surface area contributed by atoms with Gasteiger partial charge in [-0.25, -0.2) is 9.67 Å². The highest BCUT2D eigenvalue weighted by Crippen LogP contribution is 2.24. The number of hydrogen-bond donors (Lipinski definition) is 1. The van der Waals surface area contributed by atoms with E-state index in [2.05, 4.69) is 34.2 Å². The van der Waals surface area contributed by atoms with Gasteiger partial charge in [-0.3, -0.25) is 14.2 Å². The summed E-state index contributed by atoms with van der Waals surface area (Å²) in [5.41, 5.74) is 2.76. The Morgan fingerprint density at radius 2 is 2.00 bits per heavy atom. The zero-order valence-corrected chi connectivity index (χ0v) is 15.9. The molecule has 0 bridgehead atoms. The lowest BCUT2D eigenvalue weighted by molar-refractivity contribution is 0.0945. The van der Waals surface area contributed by atoms with E-state index < -0.39 is 0 Å². The van der Waals surface area contributed by atoms with Crippen molar-refractivity contribution in [2.24, 2.45) is 5.92 Å². The first-order chi connectivity index (χ1) is 13.7. The zero-order valence-electron chi connectivity index (χ0n) is 15.9. The lowest BCUT2D eigenvalue weighted by Crippen LogP contribution is -2.28. The number of aromatic nitrogens is 5. The van der Waals surface area contributed by atoms with E-state index in [1.54, 1.807) is 18.6 Å². The van der Waals surface area contributed by atoms with Crippen LogP contribution in [-0.2, 0) is 0 Å². The fraction of sp³-hybridized carbons (Fsp3) is 0.238. The number of rotatable bonds is 6. The third-order valence-electron chi connectivity index (χ3n) is 4.84. The van der Waals surface area contributed by atoms with Gasteiger partial charge in [0.25, 0.3) is 5.91 Å². The molecule has 1 N–H and O–H groups in total. The monoisotopic (exact) mass is 374 g/mol. The quantitative estimate of drug-likeness (QED) is 0.561. The van der Waals surface area contributed by atoms with Crippen LogP contribution >= 0.6 is 0 Å². The molecule has 3 aromatic heterocycles. The van der Waals surface area contributed by atoms with Crippen LogP contribution < -0.4 is 5.32 Å². The molecule has 7 heteroatoms. The fourth-order valence-electron chi connectivity index (χ4n) is 3.03. The summed E-state index contributed by atoms with van der Waals surface area (Å²) in [6.07, 6.45) is 7.89. The van der Waals surface area contributed by atoms with Crippen LogP contribution in [0.2, 0.25) is 0 Å². The Balaban J connectivity index is 1.78. The Hall–Kier alpha value is -3.48. The Morgan fingerprint density at radius 1 is 1.18 bits per heavy atom. The maximum atomic E-state index is 12.8. The predicted molar refractivity (Wildman–Crippen MR) is 107 cm³/mol. The minimum absolute atomic E-state index is 0.192. The molecule has 1 aromatic carbocycles. The second-order valence-electron chi connectivity index (χ2n) is 6.80. The zero-order chi connectivity index (χ0) is 19.5. The van der Waals surface area contributed by atoms with Gasteiger partial charge < -0.3 is 5.32 Å². The van der Waals surface area contributed by atoms with E-state index in [1.165, 1.54) is 0 Å². The number of nitrogens with one attached hydrogen (secondary N) is 1. The third-order valence-corrected chi connectivity index (χ3v) is 4.84. The molecular weight excluding hydrogens is 352 g/mol. The van der Waals surface area contributed by atoms with E-state index in [1.807, 2.05) is 51.7 Å². The van der Waals surface area contributed by atoms with Crippen molar-refractivity contribution >= 4 is 11.4 Å². The largest absolute Gasteiger partial charge is 0.350 e. The third kappa shape index (κ3) is 3.26. The van der Waals surface area contributed by atoms with Crippen molar-refractivity contribution in [3.05, 3.63) is 66.9 Å². The molecule has 4 aromatic rings. The van der Waals surface area contributed by atoms with Crippen molar-refractivity contribution in [1.29, 1.82) is 0 Å². The predicted octanol–water partition coefficient (Wildman–Crippen LogP) is 3.36. The van der Waals surface area contributed by atoms with Crippen LogP contribution in [0.1, 0.15) is 30.8 Å². The number of carbonyl (C=O) groups excluding carboxylic acids is 1. The molecule has 0 spiro atoms. The molecule has 28 heavy (non-hydrogen) atoms. The smallest absolute Gasteiger partial charge is 0.272 e. The second-order valence-corrected chi connectivity index (χ2v) is 6.80. The highest BCUT2D eigenvalue weighted by atomic mass is 16.1. The van der Waals surface area contributed by atoms with Crippen LogP contribution in [0.15, 0.2) is 61.2 Å². The van der Waals surface area contributed by atoms with Crippen LogP contribution in [0.4, 0.5) is 0 Å². The summed E-state index contributed by atoms with van der Waals surface area (Å²) in [6, 6.07) is 11.7. The number of nitrogens with zero attached hydrogens (tertiary/aromatic N) is 5. The van der Waals surface area contributed by atoms with Gasteiger partial charge in [-0.15, -0.1) is 0 Å². The molecule has 0 aliphatic rings. The number of para-hydroxylation sites is 1. The Morgan fingerprint density at radius 3 is 2.79 bits per heavy atom. The van der Waals surface area contributed by atoms with Crippen LogP contribution in [0.5, 0.6) is 0 Å². The van der Waals surface area contributed by atoms with Gasteiger partial charge in [0.1, 0.15) is 5.69 Å². The maximum absolute atomic E-state index is 12.8. The molecule has 1 amide bonds. The van der Waals surface area contributed by atoms with Crippen molar-refractivity contribution < 1.29 is 4.79 Å². The Bertz CT molecular complexity index is 1100. The topological polar surface area (TPSA) is 77.1 Å². The minimum Gasteiger partial charge on any atom is -0.350 e. The number of fused-ring (bicyclic) bond motifs is 1. The molecule has 7 nitrogen and oxygen atoms in total. The first-order valence-electron chi connectivity index (χ1n) is 9.39. The molecule has 142 valence electrons. The molecule has 0 fully saturated rings. The number of imidazole rings is 1. The van der Waals surface area contributed by atoms with Gasteiger partial charge in [-0.2, -0.15) is 5.10 Å². The van der Waals surface area contributed by atoms with Gasteiger partial charge in [-0.05, 0) is 24.1 Å². The van der Waals surface area contributed by atoms with Gasteiger partial charge in [-0.1, -0.05) is 38.5 Å². The normalized spacial score (nSPS) is 12.2. The summed E-state index contributed by atoms with van der Waals surface area (Å²) < 4.78 is 3.69. The van der Waals surface area contributed by atoms with Crippen molar-refractivity contribution in [2.45, 2.75) is 20.3 Å². The van der Waals surface area contributed by atoms with Crippen molar-refractivity contribution in [3.8, 4) is 17.2 Å². The Labute approximate surface area is 163 Å². The minimum atomic E-state index is -0.192. The summed E-state index contributed by atoms with van der Waals surface area (Å²) in [5.74, 6) is 0.866. The van der Waals surface area contributed by atoms with Crippen LogP contribution in [0, 0.1) is 5.92 Å². The summed E-state index contributed by atoms with van der Waals surface area (Å²) in [7, 11) is 0. The van der Waals surface area contributed by atoms with Gasteiger partial charge in [0.05, 0.1) is 23.6 Å². The van der Waals surface area contributed by atoms with Crippen molar-refractivity contribution in [2.75, 3.05) is 6.54 Å². The van der Waals surface area contributed by atoms with Crippen molar-refractivity contribution in [1.82, 2.24) is 29.5 Å². The molecule has 0 aliphatic heterocycles. The SMILES string of the molecule is CC[C@H](C)CNC(=O)c1nc(-c2ccnn2-c2ccccc2)n2ccncc12. The fourth-order valence-corrected chi connectivity index (χ4v) is 3.03. The van der Waals surface area contributed by atoms with Gasteiger partial charge >= 0.3 is 0 Å². The number of carbonyl (C=O) groups is 1. The molecule has 3 heterocycles. The van der Waals surface area contributed by atoms with Crippen LogP contribution in [0.3, 0.4) is 0 Å². The molecule has 0 aliphatic carbocycles. The summed E-state index contributed by atoms with van der Waals surface area (Å²) >= 11 is 0. The summed E-state index contributed by atoms with van der Waals surface area (Å²) in [5, 5.41) is 7.42. The van der Waals surface area contributed by atoms with E-state index in [-0.39, 0.29) is 5.91 Å². The average molecular weight is 374 g/mol. The van der Waals surface area contributed by atoms with E-state index in [4.69, 9.17) is 0 Å². The lowest BCUT2D eigenvalue weighted by atomic mass is 10.1. The lowest BCUT2D eigenvalue weighted by Gasteiger charge is -2.08. The van der Waals surface area contributed by atoms with Crippen LogP contribution in [0.25, 0.3) is 22.7 Å². The molecule has 0 saturated heterocycles. The van der Waals surface area contributed by atoms with Crippen LogP contribution in [-0.4, -0.2) is 36.6 Å². The van der Waals surface area contributed by atoms with Crippen molar-refractivity contribution in [3.63, 3.8) is 0 Å². The molecule has 1 atom stereocenters. The average Bonchev–Trinajstić information content (AvgIpc) is 3.37. The second kappa shape index (κ2) is 7.64. The van der Waals surface area contributed by atoms with E-state index in [9.17, 15) is 4.79 Å². The number of amides is 1. The first-order valence-corrected chi connectivity index (χ1v) is 9.39. The van der Waals surface area contributed by atoms with Gasteiger partial charge in [0, 0.05) is 18.9 Å². The summed E-state index contributed by atoms with van der Waals surface area (Å²) in [6.45, 7) is 4.83. The number of benzene rings is 1. The molecule has 0 unspecified atom stereocenters. The number of hydrogen-bond acceptors (Lipinski definition) is 4. The van der Waals surface area contributed by atoms with Gasteiger partial charge in [0.15, 0.2) is 11.5 Å². The van der Waals surface area contributed by atoms with E-state index in [0.29, 0.717) is 29.5 Å². The van der Waals surface area contributed by atoms with Gasteiger partial charge in [0.2, 0.25) is 0 Å². The standard InChI is InChI=1S/C21H22N6O/c1-3-15(2)13-23-21(28)19-18-14-22-11-12-26(18)20(25-19)17-9-10-24-27(17)16-7-5-4-6-8-16/h4-12,14-15H,3,13H2,1-2H3,(H,23,28)/t15-/m0/s1. The summed E-state index contributed by atoms with van der Waals surface area (Å²) in [4.78, 5) is 21.6. The van der Waals surface area contributed by atoms with E-state index in [0.717, 1.165) is 17.8 Å². The highest BCUT2D eigenvalue weighted by Gasteiger charge is 2.21.